The summed E-state index contributed by atoms with van der Waals surface area (Å²) in [4.78, 5) is 25.2. The predicted molar refractivity (Wildman–Crippen MR) is 83.2 cm³/mol. The second-order valence-electron chi connectivity index (χ2n) is 4.43. The van der Waals surface area contributed by atoms with Crippen LogP contribution in [0, 0.1) is 0 Å². The Labute approximate surface area is 128 Å². The van der Waals surface area contributed by atoms with Gasteiger partial charge in [0.1, 0.15) is 5.76 Å². The van der Waals surface area contributed by atoms with Crippen LogP contribution in [0.1, 0.15) is 12.7 Å². The zero-order valence-corrected chi connectivity index (χ0v) is 12.3. The maximum absolute atomic E-state index is 12.1. The number of esters is 1. The van der Waals surface area contributed by atoms with Gasteiger partial charge >= 0.3 is 5.97 Å². The van der Waals surface area contributed by atoms with Crippen molar-refractivity contribution in [1.82, 2.24) is 0 Å². The summed E-state index contributed by atoms with van der Waals surface area (Å²) in [5.41, 5.74) is 0.775. The smallest absolute Gasteiger partial charge is 0.331 e. The van der Waals surface area contributed by atoms with Crippen LogP contribution in [0.3, 0.4) is 0 Å². The highest BCUT2D eigenvalue weighted by Crippen LogP contribution is 2.13. The van der Waals surface area contributed by atoms with E-state index >= 15 is 0 Å². The Morgan fingerprint density at radius 1 is 1.18 bits per heavy atom. The van der Waals surface area contributed by atoms with Crippen LogP contribution in [-0.4, -0.2) is 25.0 Å². The molecule has 0 atom stereocenters. The predicted octanol–water partition coefficient (Wildman–Crippen LogP) is 2.89. The number of ether oxygens (including phenoxy) is 1. The molecule has 0 unspecified atom stereocenters. The first-order valence-corrected chi connectivity index (χ1v) is 6.94. The van der Waals surface area contributed by atoms with Gasteiger partial charge in [-0.25, -0.2) is 4.79 Å². The van der Waals surface area contributed by atoms with Crippen molar-refractivity contribution in [2.24, 2.45) is 0 Å². The molecule has 0 fully saturated rings. The first-order valence-electron chi connectivity index (χ1n) is 6.94. The SMILES string of the molecule is CCN(C(=O)COC(=O)C=Cc1ccco1)c1ccccc1. The first-order chi connectivity index (χ1) is 10.7. The third-order valence-corrected chi connectivity index (χ3v) is 2.95. The number of benzene rings is 1. The van der Waals surface area contributed by atoms with Gasteiger partial charge in [-0.15, -0.1) is 0 Å². The molecule has 22 heavy (non-hydrogen) atoms. The summed E-state index contributed by atoms with van der Waals surface area (Å²) in [6.45, 7) is 2.07. The Kier molecular flexibility index (Phi) is 5.54. The van der Waals surface area contributed by atoms with E-state index in [1.165, 1.54) is 18.4 Å². The molecule has 5 nitrogen and oxygen atoms in total. The molecule has 0 aliphatic carbocycles. The average molecular weight is 299 g/mol. The van der Waals surface area contributed by atoms with Crippen molar-refractivity contribution in [1.29, 1.82) is 0 Å². The van der Waals surface area contributed by atoms with Gasteiger partial charge in [-0.2, -0.15) is 0 Å². The number of carbonyl (C=O) groups excluding carboxylic acids is 2. The highest BCUT2D eigenvalue weighted by Gasteiger charge is 2.14. The molecule has 2 aromatic rings. The van der Waals surface area contributed by atoms with Crippen molar-refractivity contribution in [3.63, 3.8) is 0 Å². The maximum Gasteiger partial charge on any atom is 0.331 e. The molecule has 2 rings (SSSR count). The molecule has 114 valence electrons. The second-order valence-corrected chi connectivity index (χ2v) is 4.43. The van der Waals surface area contributed by atoms with Gasteiger partial charge in [0.05, 0.1) is 6.26 Å². The van der Waals surface area contributed by atoms with E-state index in [2.05, 4.69) is 0 Å². The molecular formula is C17H17NO4. The van der Waals surface area contributed by atoms with Gasteiger partial charge in [-0.3, -0.25) is 4.79 Å². The molecule has 1 aromatic heterocycles. The fourth-order valence-corrected chi connectivity index (χ4v) is 1.91. The van der Waals surface area contributed by atoms with Crippen molar-refractivity contribution < 1.29 is 18.7 Å². The molecular weight excluding hydrogens is 282 g/mol. The van der Waals surface area contributed by atoms with Gasteiger partial charge in [0, 0.05) is 18.3 Å². The summed E-state index contributed by atoms with van der Waals surface area (Å²) in [6.07, 6.45) is 4.22. The largest absolute Gasteiger partial charge is 0.465 e. The third kappa shape index (κ3) is 4.34. The minimum Gasteiger partial charge on any atom is -0.465 e. The number of nitrogens with zero attached hydrogens (tertiary/aromatic N) is 1. The molecule has 0 aliphatic rings. The lowest BCUT2D eigenvalue weighted by Crippen LogP contribution is -2.34. The van der Waals surface area contributed by atoms with Crippen LogP contribution >= 0.6 is 0 Å². The lowest BCUT2D eigenvalue weighted by atomic mass is 10.3. The highest BCUT2D eigenvalue weighted by atomic mass is 16.5. The Morgan fingerprint density at radius 3 is 2.59 bits per heavy atom. The number of anilines is 1. The molecule has 0 radical (unpaired) electrons. The van der Waals surface area contributed by atoms with E-state index < -0.39 is 5.97 Å². The molecule has 0 spiro atoms. The fraction of sp³-hybridized carbons (Fsp3) is 0.176. The molecule has 0 aliphatic heterocycles. The molecule has 0 N–H and O–H groups in total. The summed E-state index contributed by atoms with van der Waals surface area (Å²) in [5, 5.41) is 0. The Balaban J connectivity index is 1.87. The van der Waals surface area contributed by atoms with Gasteiger partial charge < -0.3 is 14.1 Å². The number of hydrogen-bond acceptors (Lipinski definition) is 4. The van der Waals surface area contributed by atoms with Gasteiger partial charge in [0.15, 0.2) is 6.61 Å². The lowest BCUT2D eigenvalue weighted by Gasteiger charge is -2.20. The first kappa shape index (κ1) is 15.6. The Bertz CT molecular complexity index is 632. The molecule has 0 bridgehead atoms. The van der Waals surface area contributed by atoms with Gasteiger partial charge in [-0.05, 0) is 37.3 Å². The van der Waals surface area contributed by atoms with Crippen LogP contribution in [-0.2, 0) is 14.3 Å². The van der Waals surface area contributed by atoms with Crippen LogP contribution in [0.25, 0.3) is 6.08 Å². The van der Waals surface area contributed by atoms with E-state index in [4.69, 9.17) is 9.15 Å². The normalized spacial score (nSPS) is 10.6. The van der Waals surface area contributed by atoms with E-state index in [1.54, 1.807) is 17.0 Å². The van der Waals surface area contributed by atoms with Crippen molar-refractivity contribution in [2.75, 3.05) is 18.1 Å². The fourth-order valence-electron chi connectivity index (χ4n) is 1.91. The minimum atomic E-state index is -0.589. The minimum absolute atomic E-state index is 0.270. The molecule has 5 heteroatoms. The zero-order chi connectivity index (χ0) is 15.8. The number of rotatable bonds is 6. The Hall–Kier alpha value is -2.82. The molecule has 1 amide bonds. The maximum atomic E-state index is 12.1. The van der Waals surface area contributed by atoms with Crippen LogP contribution in [0.2, 0.25) is 0 Å². The third-order valence-electron chi connectivity index (χ3n) is 2.95. The topological polar surface area (TPSA) is 59.8 Å². The van der Waals surface area contributed by atoms with Crippen LogP contribution in [0.15, 0.2) is 59.2 Å². The second kappa shape index (κ2) is 7.83. The lowest BCUT2D eigenvalue weighted by molar-refractivity contribution is -0.142. The highest BCUT2D eigenvalue weighted by molar-refractivity contribution is 5.96. The van der Waals surface area contributed by atoms with Crippen molar-refractivity contribution in [3.8, 4) is 0 Å². The summed E-state index contributed by atoms with van der Waals surface area (Å²) in [6, 6.07) is 12.7. The monoisotopic (exact) mass is 299 g/mol. The van der Waals surface area contributed by atoms with E-state index in [1.807, 2.05) is 37.3 Å². The summed E-state index contributed by atoms with van der Waals surface area (Å²) in [5.74, 6) is -0.315. The summed E-state index contributed by atoms with van der Waals surface area (Å²) in [7, 11) is 0. The molecule has 1 heterocycles. The Morgan fingerprint density at radius 2 is 1.95 bits per heavy atom. The average Bonchev–Trinajstić information content (AvgIpc) is 3.06. The molecule has 0 saturated carbocycles. The molecule has 1 aromatic carbocycles. The standard InChI is InChI=1S/C17H17NO4/c1-2-18(14-7-4-3-5-8-14)16(19)13-22-17(20)11-10-15-9-6-12-21-15/h3-12H,2,13H2,1H3. The van der Waals surface area contributed by atoms with Crippen molar-refractivity contribution in [3.05, 3.63) is 60.6 Å². The quantitative estimate of drug-likeness (QED) is 0.608. The van der Waals surface area contributed by atoms with E-state index in [9.17, 15) is 9.59 Å². The number of amides is 1. The number of likely N-dealkylation sites (N-methyl/N-ethyl adjacent to an activating group) is 1. The number of carbonyl (C=O) groups is 2. The van der Waals surface area contributed by atoms with E-state index in [0.29, 0.717) is 12.3 Å². The van der Waals surface area contributed by atoms with Crippen molar-refractivity contribution >= 4 is 23.6 Å². The number of hydrogen-bond donors (Lipinski definition) is 0. The van der Waals surface area contributed by atoms with Crippen molar-refractivity contribution in [2.45, 2.75) is 6.92 Å². The number of para-hydroxylation sites is 1. The van der Waals surface area contributed by atoms with E-state index in [-0.39, 0.29) is 12.5 Å². The van der Waals surface area contributed by atoms with Crippen LogP contribution in [0.4, 0.5) is 5.69 Å². The van der Waals surface area contributed by atoms with Crippen LogP contribution < -0.4 is 4.90 Å². The van der Waals surface area contributed by atoms with Gasteiger partial charge in [0.25, 0.3) is 5.91 Å². The zero-order valence-electron chi connectivity index (χ0n) is 12.3. The van der Waals surface area contributed by atoms with E-state index in [0.717, 1.165) is 5.69 Å². The summed E-state index contributed by atoms with van der Waals surface area (Å²) >= 11 is 0. The van der Waals surface area contributed by atoms with Gasteiger partial charge in [-0.1, -0.05) is 18.2 Å². The van der Waals surface area contributed by atoms with Gasteiger partial charge in [0.2, 0.25) is 0 Å². The molecule has 0 saturated heterocycles. The number of furan rings is 1. The summed E-state index contributed by atoms with van der Waals surface area (Å²) < 4.78 is 10.0. The van der Waals surface area contributed by atoms with Crippen LogP contribution in [0.5, 0.6) is 0 Å².